The summed E-state index contributed by atoms with van der Waals surface area (Å²) < 4.78 is 0. The molecule has 1 fully saturated rings. The van der Waals surface area contributed by atoms with Crippen molar-refractivity contribution in [3.8, 4) is 5.75 Å². The summed E-state index contributed by atoms with van der Waals surface area (Å²) >= 11 is 0. The Hall–Kier alpha value is -3.41. The van der Waals surface area contributed by atoms with Crippen molar-refractivity contribution in [1.29, 1.82) is 0 Å². The van der Waals surface area contributed by atoms with Crippen LogP contribution in [0, 0.1) is 11.8 Å². The predicted octanol–water partition coefficient (Wildman–Crippen LogP) is 1.01. The van der Waals surface area contributed by atoms with Crippen molar-refractivity contribution >= 4 is 23.2 Å². The number of benzene rings is 1. The topological polar surface area (TPSA) is 194 Å². The zero-order valence-corrected chi connectivity index (χ0v) is 21.4. The molecule has 0 saturated heterocycles. The number of fused-ring (bicyclic) bond motifs is 3. The number of primary amides is 1. The largest absolute Gasteiger partial charge is 0.510 e. The van der Waals surface area contributed by atoms with Gasteiger partial charge in [-0.1, -0.05) is 25.8 Å². The number of aliphatic hydroxyl groups excluding tert-OH is 3. The lowest BCUT2D eigenvalue weighted by Gasteiger charge is -2.53. The normalized spacial score (nSPS) is 33.4. The molecule has 1 saturated carbocycles. The van der Waals surface area contributed by atoms with Crippen LogP contribution >= 0.6 is 0 Å². The predicted molar refractivity (Wildman–Crippen MR) is 136 cm³/mol. The molecule has 4 aliphatic carbocycles. The Labute approximate surface area is 219 Å². The van der Waals surface area contributed by atoms with Gasteiger partial charge in [-0.25, -0.2) is 0 Å². The number of hydrogen-bond acceptors (Lipinski definition) is 10. The molecule has 8 N–H and O–H groups in total. The third-order valence-corrected chi connectivity index (χ3v) is 8.85. The number of rotatable bonds is 4. The quantitative estimate of drug-likeness (QED) is 0.219. The van der Waals surface area contributed by atoms with Gasteiger partial charge in [0, 0.05) is 17.5 Å². The summed E-state index contributed by atoms with van der Waals surface area (Å²) in [5.41, 5.74) is 1.80. The van der Waals surface area contributed by atoms with Crippen LogP contribution in [0.4, 0.5) is 5.69 Å². The number of anilines is 1. The highest BCUT2D eigenvalue weighted by atomic mass is 16.4. The van der Waals surface area contributed by atoms with Crippen molar-refractivity contribution in [3.05, 3.63) is 45.9 Å². The van der Waals surface area contributed by atoms with Gasteiger partial charge < -0.3 is 36.6 Å². The van der Waals surface area contributed by atoms with Gasteiger partial charge in [0.25, 0.3) is 5.91 Å². The summed E-state index contributed by atoms with van der Waals surface area (Å²) in [6.45, 7) is 1.71. The molecule has 1 amide bonds. The molecule has 0 heterocycles. The molecule has 0 radical (unpaired) electrons. The Morgan fingerprint density at radius 2 is 1.76 bits per heavy atom. The standard InChI is InChI=1S/C27H33N3O8/c1-10-12-8-9-13(29-11-6-4-5-7-11)20(31)15(12)21(32)16-14(10)22(33)18-19(30(2)3)23(34)17(26(28)37)25(36)27(18,38)24(16)35/h8-11,14,18-19,22,29,31,33-35,38H,4-7H2,1-3H3,(H2,28,37). The fourth-order valence-corrected chi connectivity index (χ4v) is 7.03. The smallest absolute Gasteiger partial charge is 0.255 e. The molecule has 0 bridgehead atoms. The highest BCUT2D eigenvalue weighted by Crippen LogP contribution is 2.56. The third-order valence-electron chi connectivity index (χ3n) is 8.85. The van der Waals surface area contributed by atoms with Gasteiger partial charge >= 0.3 is 0 Å². The van der Waals surface area contributed by atoms with E-state index in [2.05, 4.69) is 5.32 Å². The second-order valence-corrected chi connectivity index (χ2v) is 11.1. The average molecular weight is 528 g/mol. The first-order valence-electron chi connectivity index (χ1n) is 12.8. The maximum Gasteiger partial charge on any atom is 0.255 e. The monoisotopic (exact) mass is 527 g/mol. The molecule has 6 atom stereocenters. The molecule has 38 heavy (non-hydrogen) atoms. The number of nitrogens with zero attached hydrogens (tertiary/aromatic N) is 1. The van der Waals surface area contributed by atoms with Crippen LogP contribution in [0.2, 0.25) is 0 Å². The molecule has 0 aromatic heterocycles. The van der Waals surface area contributed by atoms with E-state index in [0.717, 1.165) is 25.7 Å². The Bertz CT molecular complexity index is 1310. The summed E-state index contributed by atoms with van der Waals surface area (Å²) in [6, 6.07) is 2.22. The molecule has 6 unspecified atom stereocenters. The number of phenolic OH excluding ortho intramolecular Hbond substituents is 1. The second-order valence-electron chi connectivity index (χ2n) is 11.1. The van der Waals surface area contributed by atoms with Gasteiger partial charge in [0.2, 0.25) is 5.78 Å². The molecule has 0 aliphatic heterocycles. The zero-order valence-electron chi connectivity index (χ0n) is 21.4. The van der Waals surface area contributed by atoms with Gasteiger partial charge in [0.05, 0.1) is 29.3 Å². The van der Waals surface area contributed by atoms with E-state index < -0.39 is 75.6 Å². The summed E-state index contributed by atoms with van der Waals surface area (Å²) in [7, 11) is 3.00. The van der Waals surface area contributed by atoms with Gasteiger partial charge in [-0.15, -0.1) is 0 Å². The minimum Gasteiger partial charge on any atom is -0.510 e. The van der Waals surface area contributed by atoms with E-state index in [1.807, 2.05) is 0 Å². The van der Waals surface area contributed by atoms with E-state index in [-0.39, 0.29) is 17.4 Å². The number of nitrogens with two attached hydrogens (primary N) is 1. The highest BCUT2D eigenvalue weighted by Gasteiger charge is 2.67. The van der Waals surface area contributed by atoms with Crippen LogP contribution in [0.25, 0.3) is 0 Å². The van der Waals surface area contributed by atoms with Gasteiger partial charge in [0.15, 0.2) is 11.4 Å². The lowest BCUT2D eigenvalue weighted by molar-refractivity contribution is -0.162. The highest BCUT2D eigenvalue weighted by molar-refractivity contribution is 6.25. The van der Waals surface area contributed by atoms with E-state index in [1.165, 1.54) is 19.0 Å². The Morgan fingerprint density at radius 3 is 2.34 bits per heavy atom. The van der Waals surface area contributed by atoms with Gasteiger partial charge in [-0.05, 0) is 44.5 Å². The number of hydrogen-bond donors (Lipinski definition) is 7. The van der Waals surface area contributed by atoms with Crippen molar-refractivity contribution in [2.75, 3.05) is 19.4 Å². The van der Waals surface area contributed by atoms with Crippen molar-refractivity contribution in [2.24, 2.45) is 17.6 Å². The van der Waals surface area contributed by atoms with Crippen molar-refractivity contribution < 1.29 is 39.9 Å². The summed E-state index contributed by atoms with van der Waals surface area (Å²) in [4.78, 5) is 40.8. The first kappa shape index (κ1) is 26.2. The van der Waals surface area contributed by atoms with Crippen molar-refractivity contribution in [2.45, 2.75) is 62.3 Å². The molecule has 204 valence electrons. The molecular weight excluding hydrogens is 494 g/mol. The Balaban J connectivity index is 1.71. The van der Waals surface area contributed by atoms with Crippen molar-refractivity contribution in [3.63, 3.8) is 0 Å². The van der Waals surface area contributed by atoms with E-state index >= 15 is 0 Å². The first-order valence-corrected chi connectivity index (χ1v) is 12.8. The third kappa shape index (κ3) is 3.35. The number of likely N-dealkylation sites (N-methyl/N-ethyl adjacent to an activating group) is 1. The fraction of sp³-hybridized carbons (Fsp3) is 0.519. The number of amides is 1. The van der Waals surface area contributed by atoms with Crippen LogP contribution in [0.5, 0.6) is 5.75 Å². The van der Waals surface area contributed by atoms with Crippen LogP contribution < -0.4 is 11.1 Å². The SMILES string of the molecule is CC1c2ccc(NC3CCCC3)c(O)c2C(=O)C2=C(O)C3(O)C(=O)C(C(N)=O)=C(O)C(N(C)C)C3C(O)C21. The molecular formula is C27H33N3O8. The van der Waals surface area contributed by atoms with E-state index in [4.69, 9.17) is 5.73 Å². The molecule has 11 heteroatoms. The minimum absolute atomic E-state index is 0.0894. The average Bonchev–Trinajstić information content (AvgIpc) is 3.35. The van der Waals surface area contributed by atoms with E-state index in [9.17, 15) is 39.9 Å². The molecule has 1 aromatic carbocycles. The Kier molecular flexibility index (Phi) is 6.08. The van der Waals surface area contributed by atoms with Crippen LogP contribution in [-0.4, -0.2) is 85.8 Å². The van der Waals surface area contributed by atoms with Gasteiger partial charge in [0.1, 0.15) is 22.8 Å². The van der Waals surface area contributed by atoms with Crippen molar-refractivity contribution in [1.82, 2.24) is 4.90 Å². The number of aliphatic hydroxyl groups is 4. The van der Waals surface area contributed by atoms with Gasteiger partial charge in [-0.3, -0.25) is 19.3 Å². The summed E-state index contributed by atoms with van der Waals surface area (Å²) in [5, 5.41) is 60.1. The fourth-order valence-electron chi connectivity index (χ4n) is 7.03. The molecule has 4 aliphatic rings. The number of ketones is 2. The summed E-state index contributed by atoms with van der Waals surface area (Å²) in [5.74, 6) is -8.87. The van der Waals surface area contributed by atoms with Crippen LogP contribution in [0.3, 0.4) is 0 Å². The molecule has 1 aromatic rings. The van der Waals surface area contributed by atoms with E-state index in [0.29, 0.717) is 11.3 Å². The zero-order chi connectivity index (χ0) is 27.8. The lowest BCUT2D eigenvalue weighted by atomic mass is 9.55. The summed E-state index contributed by atoms with van der Waals surface area (Å²) in [6.07, 6.45) is 2.35. The maximum atomic E-state index is 13.9. The first-order chi connectivity index (χ1) is 17.8. The number of carbonyl (C=O) groups is 3. The van der Waals surface area contributed by atoms with Crippen LogP contribution in [-0.2, 0) is 9.59 Å². The second kappa shape index (κ2) is 8.82. The molecule has 11 nitrogen and oxygen atoms in total. The molecule has 0 spiro atoms. The number of carbonyl (C=O) groups excluding carboxylic acids is 3. The van der Waals surface area contributed by atoms with Crippen LogP contribution in [0.1, 0.15) is 54.4 Å². The number of aromatic hydroxyl groups is 1. The number of phenols is 1. The lowest BCUT2D eigenvalue weighted by Crippen LogP contribution is -2.68. The van der Waals surface area contributed by atoms with Crippen LogP contribution in [0.15, 0.2) is 34.8 Å². The number of Topliss-reactive ketones (excluding diaryl/α,β-unsaturated/α-hetero) is 2. The Morgan fingerprint density at radius 1 is 1.13 bits per heavy atom. The molecule has 5 rings (SSSR count). The van der Waals surface area contributed by atoms with E-state index in [1.54, 1.807) is 19.1 Å². The number of nitrogens with one attached hydrogen (secondary N) is 1. The van der Waals surface area contributed by atoms with Gasteiger partial charge in [-0.2, -0.15) is 0 Å². The maximum absolute atomic E-state index is 13.9. The minimum atomic E-state index is -2.92.